The Morgan fingerprint density at radius 1 is 1.34 bits per heavy atom. The molecule has 2 aliphatic rings. The number of fused-ring (bicyclic) bond motifs is 2. The molecule has 2 bridgehead atoms. The van der Waals surface area contributed by atoms with Crippen LogP contribution in [0.4, 0.5) is 13.2 Å². The van der Waals surface area contributed by atoms with E-state index >= 15 is 0 Å². The molecule has 1 aromatic carbocycles. The molecule has 0 heterocycles. The third-order valence-electron chi connectivity index (χ3n) is 5.58. The van der Waals surface area contributed by atoms with E-state index in [0.717, 1.165) is 37.5 Å². The summed E-state index contributed by atoms with van der Waals surface area (Å²) in [5.41, 5.74) is -2.15. The number of carbonyl (C=O) groups is 1. The van der Waals surface area contributed by atoms with Gasteiger partial charge in [0.25, 0.3) is 10.1 Å². The Kier molecular flexibility index (Phi) is 5.70. The molecule has 0 saturated heterocycles. The summed E-state index contributed by atoms with van der Waals surface area (Å²) in [7, 11) is -4.33. The zero-order chi connectivity index (χ0) is 21.4. The van der Waals surface area contributed by atoms with Gasteiger partial charge in [-0.2, -0.15) is 21.6 Å². The van der Waals surface area contributed by atoms with Crippen LogP contribution in [0, 0.1) is 11.8 Å². The normalized spacial score (nSPS) is 26.3. The molecule has 2 fully saturated rings. The van der Waals surface area contributed by atoms with Crippen LogP contribution in [0.3, 0.4) is 0 Å². The van der Waals surface area contributed by atoms with Crippen LogP contribution in [0.25, 0.3) is 0 Å². The number of ether oxygens (including phenoxy) is 2. The maximum atomic E-state index is 13.5. The van der Waals surface area contributed by atoms with Gasteiger partial charge in [-0.25, -0.2) is 4.79 Å². The molecule has 0 aliphatic heterocycles. The van der Waals surface area contributed by atoms with Crippen molar-refractivity contribution in [2.75, 3.05) is 12.4 Å². The second-order valence-electron chi connectivity index (χ2n) is 7.47. The summed E-state index contributed by atoms with van der Waals surface area (Å²) in [6, 6.07) is 2.63. The van der Waals surface area contributed by atoms with Crippen LogP contribution in [0.1, 0.15) is 41.6 Å². The largest absolute Gasteiger partial charge is 0.482 e. The number of halogens is 3. The van der Waals surface area contributed by atoms with E-state index in [0.29, 0.717) is 12.3 Å². The molecule has 1 N–H and O–H groups in total. The third kappa shape index (κ3) is 4.75. The van der Waals surface area contributed by atoms with E-state index in [1.165, 1.54) is 0 Å². The SMILES string of the molecule is C=CC1(Oc2cc(C(=O)OCCS(=O)(=O)O)ccc2C(F)(F)F)CC2CCC1C2. The molecule has 3 unspecified atom stereocenters. The van der Waals surface area contributed by atoms with E-state index in [9.17, 15) is 26.4 Å². The minimum Gasteiger partial charge on any atom is -0.482 e. The highest BCUT2D eigenvalue weighted by Gasteiger charge is 2.52. The lowest BCUT2D eigenvalue weighted by atomic mass is 9.84. The summed E-state index contributed by atoms with van der Waals surface area (Å²) in [6.07, 6.45) is 0.147. The second kappa shape index (κ2) is 7.64. The quantitative estimate of drug-likeness (QED) is 0.398. The van der Waals surface area contributed by atoms with Crippen LogP contribution in [0.5, 0.6) is 5.75 Å². The molecule has 29 heavy (non-hydrogen) atoms. The van der Waals surface area contributed by atoms with Crippen molar-refractivity contribution in [3.05, 3.63) is 42.0 Å². The summed E-state index contributed by atoms with van der Waals surface area (Å²) in [4.78, 5) is 12.1. The predicted molar refractivity (Wildman–Crippen MR) is 97.1 cm³/mol. The molecule has 0 aromatic heterocycles. The zero-order valence-electron chi connectivity index (χ0n) is 15.4. The molecule has 0 amide bonds. The number of esters is 1. The number of hydrogen-bond acceptors (Lipinski definition) is 5. The maximum Gasteiger partial charge on any atom is 0.419 e. The van der Waals surface area contributed by atoms with E-state index in [4.69, 9.17) is 14.0 Å². The molecule has 2 aliphatic carbocycles. The minimum absolute atomic E-state index is 0.0662. The van der Waals surface area contributed by atoms with Gasteiger partial charge < -0.3 is 9.47 Å². The van der Waals surface area contributed by atoms with Gasteiger partial charge in [-0.15, -0.1) is 0 Å². The highest BCUT2D eigenvalue weighted by molar-refractivity contribution is 7.85. The Hall–Kier alpha value is -2.07. The first kappa shape index (κ1) is 21.6. The van der Waals surface area contributed by atoms with Crippen molar-refractivity contribution in [3.8, 4) is 5.75 Å². The Labute approximate surface area is 166 Å². The zero-order valence-corrected chi connectivity index (χ0v) is 16.3. The van der Waals surface area contributed by atoms with Gasteiger partial charge >= 0.3 is 12.1 Å². The molecule has 3 atom stereocenters. The Morgan fingerprint density at radius 3 is 2.59 bits per heavy atom. The standard InChI is InChI=1S/C19H21F3O6S/c1-2-18(11-12-3-5-14(18)9-12)28-16-10-13(4-6-15(16)19(20,21)22)17(23)27-7-8-29(24,25)26/h2,4,6,10,12,14H,1,3,5,7-9,11H2,(H,24,25,26). The first-order valence-electron chi connectivity index (χ1n) is 9.10. The van der Waals surface area contributed by atoms with E-state index in [1.807, 2.05) is 0 Å². The molecule has 10 heteroatoms. The van der Waals surface area contributed by atoms with E-state index in [2.05, 4.69) is 6.58 Å². The molecule has 160 valence electrons. The van der Waals surface area contributed by atoms with Crippen LogP contribution >= 0.6 is 0 Å². The van der Waals surface area contributed by atoms with Crippen molar-refractivity contribution in [1.82, 2.24) is 0 Å². The summed E-state index contributed by atoms with van der Waals surface area (Å²) < 4.78 is 81.1. The summed E-state index contributed by atoms with van der Waals surface area (Å²) >= 11 is 0. The van der Waals surface area contributed by atoms with Gasteiger partial charge in [0.15, 0.2) is 0 Å². The van der Waals surface area contributed by atoms with Gasteiger partial charge in [0.05, 0.1) is 11.1 Å². The topological polar surface area (TPSA) is 89.9 Å². The average Bonchev–Trinajstić information content (AvgIpc) is 3.21. The van der Waals surface area contributed by atoms with E-state index in [-0.39, 0.29) is 11.5 Å². The average molecular weight is 434 g/mol. The number of benzene rings is 1. The lowest BCUT2D eigenvalue weighted by Crippen LogP contribution is -2.39. The summed E-state index contributed by atoms with van der Waals surface area (Å²) in [5.74, 6) is -1.88. The smallest absolute Gasteiger partial charge is 0.419 e. The molecule has 6 nitrogen and oxygen atoms in total. The molecule has 0 radical (unpaired) electrons. The molecule has 3 rings (SSSR count). The third-order valence-corrected chi connectivity index (χ3v) is 6.27. The van der Waals surface area contributed by atoms with Gasteiger partial charge in [0.1, 0.15) is 23.7 Å². The lowest BCUT2D eigenvalue weighted by molar-refractivity contribution is -0.140. The molecule has 1 aromatic rings. The molecule has 2 saturated carbocycles. The van der Waals surface area contributed by atoms with Crippen LogP contribution in [-0.4, -0.2) is 36.9 Å². The highest BCUT2D eigenvalue weighted by atomic mass is 32.2. The molecule has 0 spiro atoms. The number of hydrogen-bond donors (Lipinski definition) is 1. The number of alkyl halides is 3. The van der Waals surface area contributed by atoms with Crippen LogP contribution in [0.15, 0.2) is 30.9 Å². The number of carbonyl (C=O) groups excluding carboxylic acids is 1. The van der Waals surface area contributed by atoms with Gasteiger partial charge in [0.2, 0.25) is 0 Å². The summed E-state index contributed by atoms with van der Waals surface area (Å²) in [5, 5.41) is 0. The Balaban J connectivity index is 1.87. The van der Waals surface area contributed by atoms with Crippen LogP contribution < -0.4 is 4.74 Å². The van der Waals surface area contributed by atoms with Crippen molar-refractivity contribution in [2.45, 2.75) is 37.5 Å². The van der Waals surface area contributed by atoms with Gasteiger partial charge in [-0.3, -0.25) is 4.55 Å². The minimum atomic E-state index is -4.69. The van der Waals surface area contributed by atoms with Crippen molar-refractivity contribution in [3.63, 3.8) is 0 Å². The first-order chi connectivity index (χ1) is 13.4. The number of rotatable bonds is 7. The molecular weight excluding hydrogens is 413 g/mol. The maximum absolute atomic E-state index is 13.5. The van der Waals surface area contributed by atoms with Gasteiger partial charge in [-0.05, 0) is 55.9 Å². The lowest BCUT2D eigenvalue weighted by Gasteiger charge is -2.36. The first-order valence-corrected chi connectivity index (χ1v) is 10.7. The van der Waals surface area contributed by atoms with Crippen LogP contribution in [-0.2, 0) is 21.0 Å². The van der Waals surface area contributed by atoms with Gasteiger partial charge in [-0.1, -0.05) is 6.58 Å². The summed E-state index contributed by atoms with van der Waals surface area (Å²) in [6.45, 7) is 3.13. The van der Waals surface area contributed by atoms with Crippen molar-refractivity contribution in [1.29, 1.82) is 0 Å². The second-order valence-corrected chi connectivity index (χ2v) is 9.04. The highest BCUT2D eigenvalue weighted by Crippen LogP contribution is 2.54. The van der Waals surface area contributed by atoms with Crippen molar-refractivity contribution >= 4 is 16.1 Å². The van der Waals surface area contributed by atoms with Gasteiger partial charge in [0, 0.05) is 5.92 Å². The predicted octanol–water partition coefficient (Wildman–Crippen LogP) is 3.87. The Morgan fingerprint density at radius 2 is 2.07 bits per heavy atom. The Bertz CT molecular complexity index is 911. The molecular formula is C19H21F3O6S. The fourth-order valence-electron chi connectivity index (χ4n) is 4.23. The monoisotopic (exact) mass is 434 g/mol. The fraction of sp³-hybridized carbons (Fsp3) is 0.526. The fourth-order valence-corrected chi connectivity index (χ4v) is 4.53. The van der Waals surface area contributed by atoms with Crippen LogP contribution in [0.2, 0.25) is 0 Å². The van der Waals surface area contributed by atoms with E-state index in [1.54, 1.807) is 6.08 Å². The van der Waals surface area contributed by atoms with Crippen molar-refractivity contribution < 1.29 is 40.4 Å². The van der Waals surface area contributed by atoms with Crippen molar-refractivity contribution in [2.24, 2.45) is 11.8 Å². The van der Waals surface area contributed by atoms with E-state index < -0.39 is 51.5 Å².